The predicted molar refractivity (Wildman–Crippen MR) is 70.3 cm³/mol. The molecule has 1 aliphatic rings. The van der Waals surface area contributed by atoms with Crippen LogP contribution in [0.2, 0.25) is 0 Å². The highest BCUT2D eigenvalue weighted by Crippen LogP contribution is 2.41. The van der Waals surface area contributed by atoms with Gasteiger partial charge in [0.1, 0.15) is 0 Å². The first kappa shape index (κ1) is 9.23. The molecule has 1 fully saturated rings. The highest BCUT2D eigenvalue weighted by Gasteiger charge is 2.23. The van der Waals surface area contributed by atoms with Crippen LogP contribution in [-0.4, -0.2) is 9.97 Å². The molecular formula is C15H14N2. The van der Waals surface area contributed by atoms with Crippen molar-refractivity contribution in [3.63, 3.8) is 0 Å². The van der Waals surface area contributed by atoms with E-state index in [9.17, 15) is 0 Å². The van der Waals surface area contributed by atoms with Crippen LogP contribution in [0.4, 0.5) is 0 Å². The molecule has 1 aromatic carbocycles. The number of nitrogens with zero attached hydrogens (tertiary/aromatic N) is 1. The van der Waals surface area contributed by atoms with Crippen LogP contribution < -0.4 is 0 Å². The molecule has 2 heterocycles. The van der Waals surface area contributed by atoms with E-state index in [1.165, 1.54) is 40.2 Å². The summed E-state index contributed by atoms with van der Waals surface area (Å²) in [7, 11) is 0. The van der Waals surface area contributed by atoms with Crippen molar-refractivity contribution in [2.75, 3.05) is 0 Å². The molecule has 2 aromatic heterocycles. The molecular weight excluding hydrogens is 208 g/mol. The van der Waals surface area contributed by atoms with E-state index in [-0.39, 0.29) is 0 Å². The fourth-order valence-corrected chi connectivity index (χ4v) is 2.65. The third-order valence-corrected chi connectivity index (χ3v) is 3.78. The second kappa shape index (κ2) is 3.10. The van der Waals surface area contributed by atoms with Gasteiger partial charge in [0, 0.05) is 22.5 Å². The van der Waals surface area contributed by atoms with E-state index in [0.717, 1.165) is 11.6 Å². The van der Waals surface area contributed by atoms with E-state index in [1.54, 1.807) is 0 Å². The summed E-state index contributed by atoms with van der Waals surface area (Å²) in [4.78, 5) is 7.85. The molecule has 4 rings (SSSR count). The zero-order valence-electron chi connectivity index (χ0n) is 9.83. The zero-order valence-corrected chi connectivity index (χ0v) is 9.83. The lowest BCUT2D eigenvalue weighted by Gasteiger charge is -1.97. The van der Waals surface area contributed by atoms with Gasteiger partial charge in [0.25, 0.3) is 0 Å². The predicted octanol–water partition coefficient (Wildman–Crippen LogP) is 3.90. The largest absolute Gasteiger partial charge is 0.353 e. The third-order valence-electron chi connectivity index (χ3n) is 3.78. The summed E-state index contributed by atoms with van der Waals surface area (Å²) in [6, 6.07) is 8.94. The molecule has 0 radical (unpaired) electrons. The normalized spacial score (nSPS) is 15.8. The van der Waals surface area contributed by atoms with Crippen molar-refractivity contribution in [2.45, 2.75) is 25.7 Å². The molecule has 84 valence electrons. The minimum absolute atomic E-state index is 0.810. The van der Waals surface area contributed by atoms with Crippen LogP contribution in [0.3, 0.4) is 0 Å². The summed E-state index contributed by atoms with van der Waals surface area (Å²) in [5, 5.41) is 2.60. The van der Waals surface area contributed by atoms with Crippen LogP contribution in [0.1, 0.15) is 30.0 Å². The first-order valence-electron chi connectivity index (χ1n) is 6.20. The second-order valence-corrected chi connectivity index (χ2v) is 5.02. The summed E-state index contributed by atoms with van der Waals surface area (Å²) in [6.07, 6.45) is 4.60. The molecule has 17 heavy (non-hydrogen) atoms. The molecule has 0 aliphatic heterocycles. The van der Waals surface area contributed by atoms with Crippen LogP contribution in [0.15, 0.2) is 30.5 Å². The Morgan fingerprint density at radius 2 is 2.06 bits per heavy atom. The van der Waals surface area contributed by atoms with Crippen molar-refractivity contribution >= 4 is 21.8 Å². The van der Waals surface area contributed by atoms with Gasteiger partial charge in [-0.1, -0.05) is 12.1 Å². The van der Waals surface area contributed by atoms with Gasteiger partial charge in [-0.15, -0.1) is 0 Å². The average molecular weight is 222 g/mol. The van der Waals surface area contributed by atoms with Gasteiger partial charge in [0.15, 0.2) is 0 Å². The fourth-order valence-electron chi connectivity index (χ4n) is 2.65. The lowest BCUT2D eigenvalue weighted by molar-refractivity contribution is 1.14. The maximum atomic E-state index is 4.34. The first-order chi connectivity index (χ1) is 8.33. The number of benzene rings is 1. The maximum absolute atomic E-state index is 4.34. The molecule has 0 amide bonds. The summed E-state index contributed by atoms with van der Waals surface area (Å²) >= 11 is 0. The molecule has 2 heteroatoms. The quantitative estimate of drug-likeness (QED) is 0.664. The van der Waals surface area contributed by atoms with Crippen molar-refractivity contribution in [3.8, 4) is 0 Å². The molecule has 0 spiro atoms. The summed E-state index contributed by atoms with van der Waals surface area (Å²) in [5.74, 6) is 0.810. The summed E-state index contributed by atoms with van der Waals surface area (Å²) < 4.78 is 0. The number of aryl methyl sites for hydroxylation is 1. The van der Waals surface area contributed by atoms with Crippen LogP contribution in [0, 0.1) is 6.92 Å². The number of pyridine rings is 1. The van der Waals surface area contributed by atoms with Crippen molar-refractivity contribution in [2.24, 2.45) is 0 Å². The van der Waals surface area contributed by atoms with Crippen LogP contribution >= 0.6 is 0 Å². The lowest BCUT2D eigenvalue weighted by Crippen LogP contribution is -1.80. The first-order valence-corrected chi connectivity index (χ1v) is 6.20. The van der Waals surface area contributed by atoms with E-state index in [4.69, 9.17) is 0 Å². The maximum Gasteiger partial charge on any atom is 0.0681 e. The Bertz CT molecular complexity index is 720. The monoisotopic (exact) mass is 222 g/mol. The number of rotatable bonds is 1. The number of hydrogen-bond donors (Lipinski definition) is 1. The van der Waals surface area contributed by atoms with Crippen LogP contribution in [0.5, 0.6) is 0 Å². The molecule has 0 saturated heterocycles. The van der Waals surface area contributed by atoms with Gasteiger partial charge < -0.3 is 4.98 Å². The zero-order chi connectivity index (χ0) is 11.4. The molecule has 3 aromatic rings. The lowest BCUT2D eigenvalue weighted by atomic mass is 10.1. The van der Waals surface area contributed by atoms with E-state index < -0.39 is 0 Å². The third kappa shape index (κ3) is 1.30. The highest BCUT2D eigenvalue weighted by molar-refractivity contribution is 6.07. The van der Waals surface area contributed by atoms with Crippen LogP contribution in [0.25, 0.3) is 21.8 Å². The molecule has 1 saturated carbocycles. The number of nitrogens with one attached hydrogen (secondary N) is 1. The Morgan fingerprint density at radius 3 is 2.88 bits per heavy atom. The molecule has 1 aliphatic carbocycles. The van der Waals surface area contributed by atoms with E-state index in [0.29, 0.717) is 0 Å². The van der Waals surface area contributed by atoms with E-state index in [1.807, 2.05) is 6.20 Å². The molecule has 0 unspecified atom stereocenters. The van der Waals surface area contributed by atoms with Crippen molar-refractivity contribution < 1.29 is 0 Å². The number of H-pyrrole nitrogens is 1. The Balaban J connectivity index is 2.08. The Hall–Kier alpha value is -1.83. The number of fused-ring (bicyclic) bond motifs is 3. The van der Waals surface area contributed by atoms with Gasteiger partial charge in [0.05, 0.1) is 11.2 Å². The summed E-state index contributed by atoms with van der Waals surface area (Å²) in [6.45, 7) is 2.06. The van der Waals surface area contributed by atoms with Crippen LogP contribution in [-0.2, 0) is 0 Å². The topological polar surface area (TPSA) is 28.7 Å². The van der Waals surface area contributed by atoms with Crippen molar-refractivity contribution in [1.29, 1.82) is 0 Å². The second-order valence-electron chi connectivity index (χ2n) is 5.02. The molecule has 0 bridgehead atoms. The smallest absolute Gasteiger partial charge is 0.0681 e. The van der Waals surface area contributed by atoms with Gasteiger partial charge >= 0.3 is 0 Å². The summed E-state index contributed by atoms with van der Waals surface area (Å²) in [5.41, 5.74) is 4.98. The van der Waals surface area contributed by atoms with Gasteiger partial charge in [-0.25, -0.2) is 0 Å². The van der Waals surface area contributed by atoms with Gasteiger partial charge in [0.2, 0.25) is 0 Å². The van der Waals surface area contributed by atoms with Gasteiger partial charge in [-0.2, -0.15) is 0 Å². The SMILES string of the molecule is Cc1nccc2c1[nH]c1cc(C3CC3)ccc12. The molecule has 2 nitrogen and oxygen atoms in total. The van der Waals surface area contributed by atoms with Crippen molar-refractivity contribution in [1.82, 2.24) is 9.97 Å². The van der Waals surface area contributed by atoms with E-state index >= 15 is 0 Å². The number of aromatic amines is 1. The Kier molecular flexibility index (Phi) is 1.68. The number of aromatic nitrogens is 2. The Labute approximate surface area is 99.7 Å². The fraction of sp³-hybridized carbons (Fsp3) is 0.267. The Morgan fingerprint density at radius 1 is 1.18 bits per heavy atom. The number of hydrogen-bond acceptors (Lipinski definition) is 1. The standard InChI is InChI=1S/C15H14N2/c1-9-15-13(6-7-16-9)12-5-4-11(10-2-3-10)8-14(12)17-15/h4-8,10,17H,2-3H2,1H3. The minimum atomic E-state index is 0.810. The van der Waals surface area contributed by atoms with Gasteiger partial charge in [-0.05, 0) is 43.4 Å². The average Bonchev–Trinajstić information content (AvgIpc) is 3.11. The van der Waals surface area contributed by atoms with Crippen molar-refractivity contribution in [3.05, 3.63) is 41.7 Å². The van der Waals surface area contributed by atoms with Gasteiger partial charge in [-0.3, -0.25) is 4.98 Å². The molecule has 0 atom stereocenters. The van der Waals surface area contributed by atoms with E-state index in [2.05, 4.69) is 41.2 Å². The molecule has 1 N–H and O–H groups in total. The highest BCUT2D eigenvalue weighted by atomic mass is 14.8. The minimum Gasteiger partial charge on any atom is -0.353 e.